The molecule has 1 fully saturated rings. The molecule has 2 aromatic rings. The van der Waals surface area contributed by atoms with Crippen LogP contribution < -0.4 is 15.0 Å². The van der Waals surface area contributed by atoms with E-state index in [1.54, 1.807) is 23.6 Å². The summed E-state index contributed by atoms with van der Waals surface area (Å²) in [6.07, 6.45) is 5.06. The van der Waals surface area contributed by atoms with Crippen LogP contribution in [0.15, 0.2) is 41.2 Å². The van der Waals surface area contributed by atoms with E-state index >= 15 is 0 Å². The maximum atomic E-state index is 13.0. The van der Waals surface area contributed by atoms with Crippen LogP contribution in [-0.2, 0) is 22.5 Å². The lowest BCUT2D eigenvalue weighted by Crippen LogP contribution is -2.29. The molecule has 36 heavy (non-hydrogen) atoms. The molecule has 0 spiro atoms. The monoisotopic (exact) mass is 495 g/mol. The lowest BCUT2D eigenvalue weighted by Gasteiger charge is -2.18. The number of rotatable bonds is 8. The number of benzene rings is 1. The minimum Gasteiger partial charge on any atom is -0.497 e. The first-order valence-corrected chi connectivity index (χ1v) is 12.1. The van der Waals surface area contributed by atoms with Crippen molar-refractivity contribution in [2.45, 2.75) is 19.4 Å². The zero-order chi connectivity index (χ0) is 25.7. The number of carbonyl (C=O) groups is 2. The summed E-state index contributed by atoms with van der Waals surface area (Å²) in [5.74, 6) is 0.605. The highest BCUT2D eigenvalue weighted by Gasteiger charge is 2.29. The van der Waals surface area contributed by atoms with Gasteiger partial charge in [-0.15, -0.1) is 0 Å². The van der Waals surface area contributed by atoms with E-state index in [1.165, 1.54) is 13.2 Å². The lowest BCUT2D eigenvalue weighted by molar-refractivity contribution is -0.126. The molecular weight excluding hydrogens is 462 g/mol. The minimum atomic E-state index is -0.527. The Kier molecular flexibility index (Phi) is 8.10. The average molecular weight is 496 g/mol. The highest BCUT2D eigenvalue weighted by molar-refractivity contribution is 5.93. The van der Waals surface area contributed by atoms with E-state index < -0.39 is 5.97 Å². The summed E-state index contributed by atoms with van der Waals surface area (Å²) in [6.45, 7) is 3.39. The van der Waals surface area contributed by atoms with Crippen molar-refractivity contribution >= 4 is 18.0 Å². The number of hydrogen-bond donors (Lipinski definition) is 0. The van der Waals surface area contributed by atoms with Gasteiger partial charge in [-0.3, -0.25) is 14.5 Å². The summed E-state index contributed by atoms with van der Waals surface area (Å²) in [5, 5.41) is 0. The molecule has 9 heteroatoms. The van der Waals surface area contributed by atoms with Crippen LogP contribution in [0.1, 0.15) is 28.0 Å². The van der Waals surface area contributed by atoms with Gasteiger partial charge < -0.3 is 23.7 Å². The summed E-state index contributed by atoms with van der Waals surface area (Å²) in [5.41, 5.74) is 1.80. The SMILES string of the molecule is COC(=O)c1c(OCC2CC(=O)N(C)C2)cc(=O)n2c1CCN(CC=Cc1ccc(OC)cc1)CC2. The fourth-order valence-electron chi connectivity index (χ4n) is 4.74. The van der Waals surface area contributed by atoms with Crippen molar-refractivity contribution in [2.24, 2.45) is 5.92 Å². The number of likely N-dealkylation sites (tertiary alicyclic amines) is 1. The molecule has 0 aliphatic carbocycles. The summed E-state index contributed by atoms with van der Waals surface area (Å²) < 4.78 is 17.9. The van der Waals surface area contributed by atoms with E-state index in [0.29, 0.717) is 50.3 Å². The van der Waals surface area contributed by atoms with Crippen LogP contribution in [0, 0.1) is 5.92 Å². The molecule has 1 atom stereocenters. The fourth-order valence-corrected chi connectivity index (χ4v) is 4.74. The average Bonchev–Trinajstić information content (AvgIpc) is 3.06. The van der Waals surface area contributed by atoms with Crippen molar-refractivity contribution < 1.29 is 23.8 Å². The first kappa shape index (κ1) is 25.5. The molecule has 0 radical (unpaired) electrons. The van der Waals surface area contributed by atoms with Crippen molar-refractivity contribution in [2.75, 3.05) is 54.1 Å². The number of pyridine rings is 1. The Morgan fingerprint density at radius 1 is 1.11 bits per heavy atom. The van der Waals surface area contributed by atoms with Crippen LogP contribution in [0.25, 0.3) is 6.08 Å². The summed E-state index contributed by atoms with van der Waals surface area (Å²) in [4.78, 5) is 41.5. The van der Waals surface area contributed by atoms with Gasteiger partial charge in [0.25, 0.3) is 5.56 Å². The predicted octanol–water partition coefficient (Wildman–Crippen LogP) is 2.07. The molecule has 0 N–H and O–H groups in total. The Bertz CT molecular complexity index is 1190. The second-order valence-electron chi connectivity index (χ2n) is 9.19. The van der Waals surface area contributed by atoms with Gasteiger partial charge in [-0.25, -0.2) is 4.79 Å². The van der Waals surface area contributed by atoms with E-state index in [9.17, 15) is 14.4 Å². The van der Waals surface area contributed by atoms with Crippen LogP contribution in [0.5, 0.6) is 11.5 Å². The summed E-state index contributed by atoms with van der Waals surface area (Å²) in [6, 6.07) is 9.21. The molecule has 9 nitrogen and oxygen atoms in total. The van der Waals surface area contributed by atoms with Crippen molar-refractivity contribution in [3.63, 3.8) is 0 Å². The van der Waals surface area contributed by atoms with E-state index in [2.05, 4.69) is 17.1 Å². The van der Waals surface area contributed by atoms with E-state index in [1.807, 2.05) is 24.3 Å². The van der Waals surface area contributed by atoms with Gasteiger partial charge in [-0.2, -0.15) is 0 Å². The second kappa shape index (κ2) is 11.4. The zero-order valence-corrected chi connectivity index (χ0v) is 21.1. The predicted molar refractivity (Wildman–Crippen MR) is 135 cm³/mol. The Morgan fingerprint density at radius 2 is 1.89 bits per heavy atom. The highest BCUT2D eigenvalue weighted by Crippen LogP contribution is 2.26. The highest BCUT2D eigenvalue weighted by atomic mass is 16.5. The Balaban J connectivity index is 1.48. The van der Waals surface area contributed by atoms with Crippen LogP contribution in [0.4, 0.5) is 0 Å². The molecule has 1 saturated heterocycles. The third kappa shape index (κ3) is 5.79. The molecule has 1 aromatic heterocycles. The number of carbonyl (C=O) groups excluding carboxylic acids is 2. The molecule has 2 aliphatic rings. The van der Waals surface area contributed by atoms with E-state index in [4.69, 9.17) is 14.2 Å². The molecule has 0 saturated carbocycles. The Labute approximate surface area is 210 Å². The molecule has 0 bridgehead atoms. The number of amides is 1. The lowest BCUT2D eigenvalue weighted by atomic mass is 10.1. The summed E-state index contributed by atoms with van der Waals surface area (Å²) in [7, 11) is 4.73. The Hall–Kier alpha value is -3.59. The standard InChI is InChI=1S/C27H33N3O6/c1-28-17-20(15-24(28)31)18-36-23-16-25(32)30-14-13-29(12-10-22(30)26(23)27(33)35-3)11-4-5-19-6-8-21(34-2)9-7-19/h4-9,16,20H,10-15,17-18H2,1-3H3. The van der Waals surface area contributed by atoms with Gasteiger partial charge in [-0.05, 0) is 17.7 Å². The van der Waals surface area contributed by atoms with Gasteiger partial charge >= 0.3 is 5.97 Å². The topological polar surface area (TPSA) is 90.3 Å². The van der Waals surface area contributed by atoms with Gasteiger partial charge in [0.2, 0.25) is 5.91 Å². The number of aromatic nitrogens is 1. The van der Waals surface area contributed by atoms with Gasteiger partial charge in [0.15, 0.2) is 0 Å². The molecule has 4 rings (SSSR count). The fraction of sp³-hybridized carbons (Fsp3) is 0.444. The maximum absolute atomic E-state index is 13.0. The molecule has 3 heterocycles. The van der Waals surface area contributed by atoms with E-state index in [0.717, 1.165) is 17.9 Å². The number of esters is 1. The van der Waals surface area contributed by atoms with Crippen molar-refractivity contribution in [1.29, 1.82) is 0 Å². The molecule has 1 aromatic carbocycles. The van der Waals surface area contributed by atoms with Crippen LogP contribution >= 0.6 is 0 Å². The largest absolute Gasteiger partial charge is 0.497 e. The molecule has 1 amide bonds. The molecule has 1 unspecified atom stereocenters. The number of fused-ring (bicyclic) bond motifs is 1. The smallest absolute Gasteiger partial charge is 0.343 e. The van der Waals surface area contributed by atoms with Gasteiger partial charge in [0.05, 0.1) is 20.8 Å². The zero-order valence-electron chi connectivity index (χ0n) is 21.1. The van der Waals surface area contributed by atoms with Crippen LogP contribution in [-0.4, -0.2) is 80.3 Å². The normalized spacial score (nSPS) is 18.2. The number of methoxy groups -OCH3 is 2. The third-order valence-electron chi connectivity index (χ3n) is 6.76. The third-order valence-corrected chi connectivity index (χ3v) is 6.76. The first-order chi connectivity index (χ1) is 17.4. The van der Waals surface area contributed by atoms with Crippen LogP contribution in [0.2, 0.25) is 0 Å². The second-order valence-corrected chi connectivity index (χ2v) is 9.19. The molecule has 2 aliphatic heterocycles. The number of nitrogens with zero attached hydrogens (tertiary/aromatic N) is 3. The van der Waals surface area contributed by atoms with Crippen LogP contribution in [0.3, 0.4) is 0 Å². The maximum Gasteiger partial charge on any atom is 0.343 e. The van der Waals surface area contributed by atoms with Gasteiger partial charge in [-0.1, -0.05) is 24.3 Å². The molecule has 192 valence electrons. The first-order valence-electron chi connectivity index (χ1n) is 12.1. The minimum absolute atomic E-state index is 0.0162. The van der Waals surface area contributed by atoms with E-state index in [-0.39, 0.29) is 29.7 Å². The molecular formula is C27H33N3O6. The Morgan fingerprint density at radius 3 is 2.56 bits per heavy atom. The van der Waals surface area contributed by atoms with Gasteiger partial charge in [0.1, 0.15) is 17.1 Å². The number of hydrogen-bond acceptors (Lipinski definition) is 7. The van der Waals surface area contributed by atoms with Crippen molar-refractivity contribution in [3.05, 3.63) is 63.6 Å². The number of ether oxygens (including phenoxy) is 3. The quantitative estimate of drug-likeness (QED) is 0.518. The van der Waals surface area contributed by atoms with Gasteiger partial charge in [0, 0.05) is 70.3 Å². The van der Waals surface area contributed by atoms with Crippen molar-refractivity contribution in [3.8, 4) is 11.5 Å². The van der Waals surface area contributed by atoms with Crippen molar-refractivity contribution in [1.82, 2.24) is 14.4 Å². The summed E-state index contributed by atoms with van der Waals surface area (Å²) >= 11 is 0.